The van der Waals surface area contributed by atoms with Crippen LogP contribution in [-0.2, 0) is 12.8 Å². The Kier molecular flexibility index (Phi) is 10.2. The monoisotopic (exact) mass is 570 g/mol. The molecule has 0 amide bonds. The Balaban J connectivity index is 0.000000907. The number of nitrogens with zero attached hydrogens (tertiary/aromatic N) is 2. The molecule has 2 aliphatic carbocycles. The molecule has 200 valence electrons. The number of aryl methyl sites for hydroxylation is 2. The molecule has 2 nitrogen and oxygen atoms in total. The first kappa shape index (κ1) is 29.6. The van der Waals surface area contributed by atoms with E-state index in [0.717, 1.165) is 99.9 Å². The predicted molar refractivity (Wildman–Crippen MR) is 160 cm³/mol. The van der Waals surface area contributed by atoms with Gasteiger partial charge in [0.15, 0.2) is 0 Å². The maximum absolute atomic E-state index is 14.7. The predicted octanol–water partition coefficient (Wildman–Crippen LogP) is 9.98. The van der Waals surface area contributed by atoms with Crippen molar-refractivity contribution in [2.24, 2.45) is 4.99 Å². The Morgan fingerprint density at radius 3 is 1.89 bits per heavy atom. The van der Waals surface area contributed by atoms with Gasteiger partial charge in [-0.1, -0.05) is 43.6 Å². The van der Waals surface area contributed by atoms with Crippen LogP contribution in [-0.4, -0.2) is 17.6 Å². The van der Waals surface area contributed by atoms with E-state index in [-0.39, 0.29) is 0 Å². The van der Waals surface area contributed by atoms with E-state index in [1.54, 1.807) is 0 Å². The molecule has 0 unspecified atom stereocenters. The van der Waals surface area contributed by atoms with Crippen molar-refractivity contribution in [1.29, 1.82) is 0 Å². The Hall–Kier alpha value is -1.95. The minimum atomic E-state index is -2.58. The molecule has 0 atom stereocenters. The molecule has 0 bridgehead atoms. The van der Waals surface area contributed by atoms with Gasteiger partial charge in [-0.3, -0.25) is 13.6 Å². The molecule has 0 radical (unpaired) electrons. The second-order valence-electron chi connectivity index (χ2n) is 9.75. The zero-order valence-electron chi connectivity index (χ0n) is 23.9. The summed E-state index contributed by atoms with van der Waals surface area (Å²) in [6.07, 6.45) is 8.15. The fourth-order valence-corrected chi connectivity index (χ4v) is 6.96. The van der Waals surface area contributed by atoms with E-state index in [1.807, 2.05) is 34.6 Å². The number of hydrogen-bond acceptors (Lipinski definition) is 1. The number of fused-ring (bicyclic) bond motifs is 1. The van der Waals surface area contributed by atoms with Gasteiger partial charge in [-0.25, -0.2) is 0 Å². The van der Waals surface area contributed by atoms with Crippen molar-refractivity contribution in [3.63, 3.8) is 0 Å². The van der Waals surface area contributed by atoms with Crippen molar-refractivity contribution in [2.45, 2.75) is 107 Å². The van der Waals surface area contributed by atoms with Gasteiger partial charge in [0.25, 0.3) is 0 Å². The topological polar surface area (TPSA) is 17.3 Å². The van der Waals surface area contributed by atoms with Crippen LogP contribution in [0.5, 0.6) is 0 Å². The van der Waals surface area contributed by atoms with Crippen LogP contribution in [0, 0.1) is 20.8 Å². The number of aliphatic imine (C=N–C) groups is 1. The first-order valence-electron chi connectivity index (χ1n) is 14.1. The molecule has 2 aromatic rings. The summed E-state index contributed by atoms with van der Waals surface area (Å²) in [4.78, 5) is 5.10. The first-order valence-corrected chi connectivity index (χ1v) is 14.9. The smallest absolute Gasteiger partial charge is 0.329 e. The van der Waals surface area contributed by atoms with Gasteiger partial charge in [0.1, 0.15) is 0 Å². The molecule has 0 N–H and O–H groups in total. The fraction of sp³-hybridized carbons (Fsp3) is 0.516. The SMILES string of the molecule is CC.CC.CC1=N/C(=C(/c2c(C)cc(Br)cc2C)c2c3c(c(C)n2B(F)F)CCCC3)C2=C1CCCC2. The lowest BCUT2D eigenvalue weighted by molar-refractivity contribution is 0.623. The lowest BCUT2D eigenvalue weighted by Crippen LogP contribution is -2.19. The van der Waals surface area contributed by atoms with E-state index < -0.39 is 7.40 Å². The summed E-state index contributed by atoms with van der Waals surface area (Å²) in [5, 5.41) is 0. The summed E-state index contributed by atoms with van der Waals surface area (Å²) in [6.45, 7) is 16.1. The van der Waals surface area contributed by atoms with E-state index in [1.165, 1.54) is 22.0 Å². The van der Waals surface area contributed by atoms with E-state index in [2.05, 4.69) is 48.8 Å². The molecule has 3 aliphatic rings. The molecule has 2 heterocycles. The standard InChI is InChI=1S/C27H30BBrF2N2.2C2H6/c1-15-13-19(29)14-16(2)24(15)25(26-22-11-7-5-9-20(22)17(3)32-26)27-23-12-8-6-10-21(23)18(4)33(27)28(30)31;2*1-2/h13-14H,5-12H2,1-4H3;2*1-2H3/b26-25-;;. The molecule has 1 aromatic carbocycles. The third-order valence-corrected chi connectivity index (χ3v) is 8.14. The number of allylic oxidation sites excluding steroid dienone is 2. The van der Waals surface area contributed by atoms with Gasteiger partial charge in [0.2, 0.25) is 0 Å². The van der Waals surface area contributed by atoms with E-state index in [9.17, 15) is 8.63 Å². The highest BCUT2D eigenvalue weighted by Crippen LogP contribution is 2.46. The van der Waals surface area contributed by atoms with Crippen molar-refractivity contribution in [2.75, 3.05) is 0 Å². The Morgan fingerprint density at radius 2 is 1.32 bits per heavy atom. The largest absolute Gasteiger partial charge is 0.677 e. The van der Waals surface area contributed by atoms with Crippen molar-refractivity contribution in [3.8, 4) is 0 Å². The number of hydrogen-bond donors (Lipinski definition) is 0. The quantitative estimate of drug-likeness (QED) is 0.327. The van der Waals surface area contributed by atoms with Crippen LogP contribution in [0.4, 0.5) is 8.63 Å². The first-order chi connectivity index (χ1) is 17.8. The Morgan fingerprint density at radius 1 is 0.811 bits per heavy atom. The van der Waals surface area contributed by atoms with Gasteiger partial charge in [0, 0.05) is 27.1 Å². The molecular formula is C31H42BBrF2N2. The molecule has 1 aliphatic heterocycles. The van der Waals surface area contributed by atoms with Crippen LogP contribution < -0.4 is 0 Å². The van der Waals surface area contributed by atoms with Crippen molar-refractivity contribution in [3.05, 3.63) is 72.7 Å². The summed E-state index contributed by atoms with van der Waals surface area (Å²) >= 11 is 3.62. The molecule has 6 heteroatoms. The van der Waals surface area contributed by atoms with E-state index in [0.29, 0.717) is 5.69 Å². The summed E-state index contributed by atoms with van der Waals surface area (Å²) in [6, 6.07) is 4.19. The highest BCUT2D eigenvalue weighted by atomic mass is 79.9. The van der Waals surface area contributed by atoms with Gasteiger partial charge < -0.3 is 4.48 Å². The minimum absolute atomic E-state index is 0.705. The summed E-state index contributed by atoms with van der Waals surface area (Å²) in [5.74, 6) is 0. The van der Waals surface area contributed by atoms with Crippen LogP contribution in [0.3, 0.4) is 0 Å². The van der Waals surface area contributed by atoms with Crippen LogP contribution in [0.1, 0.15) is 112 Å². The minimum Gasteiger partial charge on any atom is -0.329 e. The van der Waals surface area contributed by atoms with Crippen LogP contribution in [0.15, 0.2) is 38.4 Å². The van der Waals surface area contributed by atoms with Gasteiger partial charge in [0.05, 0.1) is 5.70 Å². The number of benzene rings is 1. The second-order valence-corrected chi connectivity index (χ2v) is 10.7. The van der Waals surface area contributed by atoms with Crippen molar-refractivity contribution in [1.82, 2.24) is 4.48 Å². The molecule has 0 saturated heterocycles. The lowest BCUT2D eigenvalue weighted by atomic mass is 9.83. The molecule has 0 saturated carbocycles. The number of halogens is 3. The third-order valence-electron chi connectivity index (χ3n) is 7.68. The maximum atomic E-state index is 14.7. The van der Waals surface area contributed by atoms with Crippen molar-refractivity contribution >= 4 is 34.6 Å². The second kappa shape index (κ2) is 12.7. The van der Waals surface area contributed by atoms with Crippen molar-refractivity contribution < 1.29 is 8.63 Å². The average molecular weight is 571 g/mol. The van der Waals surface area contributed by atoms with E-state index >= 15 is 0 Å². The average Bonchev–Trinajstić information content (AvgIpc) is 3.38. The van der Waals surface area contributed by atoms with Crippen LogP contribution >= 0.6 is 15.9 Å². The van der Waals surface area contributed by atoms with Gasteiger partial charge in [-0.2, -0.15) is 0 Å². The molecule has 0 fully saturated rings. The van der Waals surface area contributed by atoms with Gasteiger partial charge in [-0.15, -0.1) is 0 Å². The van der Waals surface area contributed by atoms with Crippen LogP contribution in [0.25, 0.3) is 5.57 Å². The van der Waals surface area contributed by atoms with Gasteiger partial charge >= 0.3 is 7.40 Å². The molecule has 5 rings (SSSR count). The third kappa shape index (κ3) is 5.46. The highest BCUT2D eigenvalue weighted by Gasteiger charge is 2.36. The lowest BCUT2D eigenvalue weighted by Gasteiger charge is -2.23. The fourth-order valence-electron chi connectivity index (χ4n) is 6.27. The van der Waals surface area contributed by atoms with Gasteiger partial charge in [-0.05, 0) is 130 Å². The zero-order valence-corrected chi connectivity index (χ0v) is 25.5. The zero-order chi connectivity index (χ0) is 27.4. The number of aromatic nitrogens is 1. The Bertz CT molecular complexity index is 1230. The molecule has 37 heavy (non-hydrogen) atoms. The maximum Gasteiger partial charge on any atom is 0.677 e. The normalized spacial score (nSPS) is 17.6. The highest BCUT2D eigenvalue weighted by molar-refractivity contribution is 9.10. The van der Waals surface area contributed by atoms with E-state index in [4.69, 9.17) is 4.99 Å². The Labute approximate surface area is 231 Å². The molecular weight excluding hydrogens is 529 g/mol. The van der Waals surface area contributed by atoms with Crippen LogP contribution in [0.2, 0.25) is 0 Å². The number of rotatable bonds is 3. The molecule has 0 spiro atoms. The molecule has 1 aromatic heterocycles. The summed E-state index contributed by atoms with van der Waals surface area (Å²) in [5.41, 5.74) is 12.4. The summed E-state index contributed by atoms with van der Waals surface area (Å²) in [7, 11) is -2.58. The summed E-state index contributed by atoms with van der Waals surface area (Å²) < 4.78 is 31.7.